The highest BCUT2D eigenvalue weighted by molar-refractivity contribution is 5.96. The third kappa shape index (κ3) is 4.29. The first kappa shape index (κ1) is 20.5. The van der Waals surface area contributed by atoms with E-state index >= 15 is 4.39 Å². The summed E-state index contributed by atoms with van der Waals surface area (Å²) in [5, 5.41) is 23.4. The van der Waals surface area contributed by atoms with Gasteiger partial charge in [-0.15, -0.1) is 5.10 Å². The molecule has 1 atom stereocenters. The highest BCUT2D eigenvalue weighted by Crippen LogP contribution is 2.29. The predicted octanol–water partition coefficient (Wildman–Crippen LogP) is 2.41. The van der Waals surface area contributed by atoms with Crippen LogP contribution in [0.2, 0.25) is 0 Å². The number of aliphatic hydroxyl groups is 1. The van der Waals surface area contributed by atoms with Crippen molar-refractivity contribution in [1.82, 2.24) is 30.5 Å². The Balaban J connectivity index is 2.20. The Morgan fingerprint density at radius 2 is 2.03 bits per heavy atom. The largest absolute Gasteiger partial charge is 0.394 e. The van der Waals surface area contributed by atoms with Gasteiger partial charge in [-0.1, -0.05) is 19.9 Å². The summed E-state index contributed by atoms with van der Waals surface area (Å²) in [5.74, 6) is -0.618. The molecule has 0 aliphatic carbocycles. The van der Waals surface area contributed by atoms with Gasteiger partial charge in [-0.3, -0.25) is 9.78 Å². The molecule has 152 valence electrons. The molecule has 3 aromatic rings. The second-order valence-electron chi connectivity index (χ2n) is 7.24. The van der Waals surface area contributed by atoms with Crippen molar-refractivity contribution in [1.29, 1.82) is 0 Å². The smallest absolute Gasteiger partial charge is 0.251 e. The molecule has 29 heavy (non-hydrogen) atoms. The minimum atomic E-state index is -0.581. The molecule has 0 spiro atoms. The van der Waals surface area contributed by atoms with Gasteiger partial charge in [-0.2, -0.15) is 4.68 Å². The standard InChI is InChI=1S/C20H23FN6O2/c1-11(2)19-24-25-26-27(19)17-8-14(20(29)23-13(4)10-28)7-15(18(17)21)16-6-5-12(3)9-22-16/h5-9,11,13,28H,10H2,1-4H3,(H,23,29)/t13-/m0/s1. The maximum atomic E-state index is 15.5. The minimum Gasteiger partial charge on any atom is -0.394 e. The van der Waals surface area contributed by atoms with E-state index < -0.39 is 17.8 Å². The highest BCUT2D eigenvalue weighted by atomic mass is 19.1. The molecule has 2 aromatic heterocycles. The van der Waals surface area contributed by atoms with Gasteiger partial charge >= 0.3 is 0 Å². The Kier molecular flexibility index (Phi) is 5.97. The van der Waals surface area contributed by atoms with Gasteiger partial charge in [0.05, 0.1) is 12.3 Å². The molecule has 1 amide bonds. The lowest BCUT2D eigenvalue weighted by Crippen LogP contribution is -2.35. The van der Waals surface area contributed by atoms with Crippen LogP contribution < -0.4 is 5.32 Å². The number of pyridine rings is 1. The fourth-order valence-electron chi connectivity index (χ4n) is 2.79. The van der Waals surface area contributed by atoms with Crippen molar-refractivity contribution in [3.8, 4) is 16.9 Å². The molecule has 0 aliphatic heterocycles. The second kappa shape index (κ2) is 8.44. The number of aromatic nitrogens is 5. The number of carbonyl (C=O) groups is 1. The first-order chi connectivity index (χ1) is 13.8. The molecule has 0 saturated heterocycles. The number of carbonyl (C=O) groups excluding carboxylic acids is 1. The van der Waals surface area contributed by atoms with E-state index in [2.05, 4.69) is 25.8 Å². The number of hydrogen-bond acceptors (Lipinski definition) is 6. The molecule has 3 rings (SSSR count). The van der Waals surface area contributed by atoms with E-state index in [1.165, 1.54) is 16.8 Å². The average molecular weight is 398 g/mol. The first-order valence-corrected chi connectivity index (χ1v) is 9.28. The first-order valence-electron chi connectivity index (χ1n) is 9.28. The van der Waals surface area contributed by atoms with Crippen LogP contribution in [-0.4, -0.2) is 48.9 Å². The van der Waals surface area contributed by atoms with Crippen LogP contribution in [0.5, 0.6) is 0 Å². The maximum Gasteiger partial charge on any atom is 0.251 e. The monoisotopic (exact) mass is 398 g/mol. The summed E-state index contributed by atoms with van der Waals surface area (Å²) in [6, 6.07) is 5.90. The zero-order chi connectivity index (χ0) is 21.1. The van der Waals surface area contributed by atoms with Gasteiger partial charge in [0.2, 0.25) is 0 Å². The summed E-state index contributed by atoms with van der Waals surface area (Å²) < 4.78 is 16.8. The number of nitrogens with one attached hydrogen (secondary N) is 1. The van der Waals surface area contributed by atoms with E-state index in [9.17, 15) is 9.90 Å². The van der Waals surface area contributed by atoms with Crippen LogP contribution in [0, 0.1) is 12.7 Å². The number of aliphatic hydroxyl groups excluding tert-OH is 1. The quantitative estimate of drug-likeness (QED) is 0.661. The normalized spacial score (nSPS) is 12.2. The molecule has 9 heteroatoms. The Morgan fingerprint density at radius 3 is 2.66 bits per heavy atom. The molecule has 2 heterocycles. The third-order valence-electron chi connectivity index (χ3n) is 4.39. The Hall–Kier alpha value is -3.20. The van der Waals surface area contributed by atoms with Crippen molar-refractivity contribution >= 4 is 5.91 Å². The number of hydrogen-bond donors (Lipinski definition) is 2. The molecule has 1 aromatic carbocycles. The lowest BCUT2D eigenvalue weighted by Gasteiger charge is -2.15. The van der Waals surface area contributed by atoms with E-state index in [1.54, 1.807) is 19.2 Å². The van der Waals surface area contributed by atoms with Crippen LogP contribution in [0.25, 0.3) is 16.9 Å². The van der Waals surface area contributed by atoms with E-state index in [0.29, 0.717) is 11.5 Å². The topological polar surface area (TPSA) is 106 Å². The van der Waals surface area contributed by atoms with Gasteiger partial charge in [-0.05, 0) is 48.0 Å². The second-order valence-corrected chi connectivity index (χ2v) is 7.24. The molecule has 0 saturated carbocycles. The van der Waals surface area contributed by atoms with Gasteiger partial charge < -0.3 is 10.4 Å². The zero-order valence-electron chi connectivity index (χ0n) is 16.7. The average Bonchev–Trinajstić information content (AvgIpc) is 3.18. The molecule has 0 fully saturated rings. The Labute approximate surface area is 167 Å². The van der Waals surface area contributed by atoms with E-state index in [1.807, 2.05) is 26.8 Å². The molecule has 0 bridgehead atoms. The van der Waals surface area contributed by atoms with Crippen molar-refractivity contribution in [2.45, 2.75) is 39.7 Å². The summed E-state index contributed by atoms with van der Waals surface area (Å²) in [6.45, 7) is 7.12. The van der Waals surface area contributed by atoms with Crippen LogP contribution in [0.3, 0.4) is 0 Å². The summed E-state index contributed by atoms with van der Waals surface area (Å²) in [4.78, 5) is 17.0. The van der Waals surface area contributed by atoms with Crippen molar-refractivity contribution in [3.63, 3.8) is 0 Å². The van der Waals surface area contributed by atoms with Gasteiger partial charge in [0.1, 0.15) is 5.69 Å². The van der Waals surface area contributed by atoms with Crippen molar-refractivity contribution in [2.24, 2.45) is 0 Å². The van der Waals surface area contributed by atoms with Gasteiger partial charge in [-0.25, -0.2) is 4.39 Å². The fourth-order valence-corrected chi connectivity index (χ4v) is 2.79. The number of tetrazole rings is 1. The molecule has 0 unspecified atom stereocenters. The SMILES string of the molecule is Cc1ccc(-c2cc(C(=O)N[C@@H](C)CO)cc(-n3nnnc3C(C)C)c2F)nc1. The molecule has 0 radical (unpaired) electrons. The van der Waals surface area contributed by atoms with Gasteiger partial charge in [0.25, 0.3) is 5.91 Å². The number of amides is 1. The number of benzene rings is 1. The van der Waals surface area contributed by atoms with Crippen molar-refractivity contribution < 1.29 is 14.3 Å². The maximum absolute atomic E-state index is 15.5. The Morgan fingerprint density at radius 1 is 1.28 bits per heavy atom. The summed E-state index contributed by atoms with van der Waals surface area (Å²) in [5.41, 5.74) is 1.75. The van der Waals surface area contributed by atoms with Crippen molar-refractivity contribution in [3.05, 3.63) is 53.2 Å². The van der Waals surface area contributed by atoms with E-state index in [4.69, 9.17) is 0 Å². The van der Waals surface area contributed by atoms with Crippen LogP contribution in [0.4, 0.5) is 4.39 Å². The van der Waals surface area contributed by atoms with E-state index in [-0.39, 0.29) is 29.3 Å². The van der Waals surface area contributed by atoms with Crippen LogP contribution >= 0.6 is 0 Å². The zero-order valence-corrected chi connectivity index (χ0v) is 16.7. The van der Waals surface area contributed by atoms with Crippen molar-refractivity contribution in [2.75, 3.05) is 6.61 Å². The minimum absolute atomic E-state index is 0.0559. The molecule has 0 aliphatic rings. The fraction of sp³-hybridized carbons (Fsp3) is 0.350. The number of rotatable bonds is 6. The van der Waals surface area contributed by atoms with Crippen LogP contribution in [-0.2, 0) is 0 Å². The number of halogens is 1. The lowest BCUT2D eigenvalue weighted by atomic mass is 10.0. The number of aryl methyl sites for hydroxylation is 1. The van der Waals surface area contributed by atoms with E-state index in [0.717, 1.165) is 5.56 Å². The molecule has 8 nitrogen and oxygen atoms in total. The molecule has 2 N–H and O–H groups in total. The highest BCUT2D eigenvalue weighted by Gasteiger charge is 2.22. The molecular weight excluding hydrogens is 375 g/mol. The van der Waals surface area contributed by atoms with Crippen LogP contribution in [0.15, 0.2) is 30.5 Å². The lowest BCUT2D eigenvalue weighted by molar-refractivity contribution is 0.0922. The summed E-state index contributed by atoms with van der Waals surface area (Å²) in [7, 11) is 0. The van der Waals surface area contributed by atoms with Gasteiger partial charge in [0.15, 0.2) is 11.6 Å². The molecular formula is C20H23FN6O2. The predicted molar refractivity (Wildman–Crippen MR) is 105 cm³/mol. The third-order valence-corrected chi connectivity index (χ3v) is 4.39. The number of nitrogens with zero attached hydrogens (tertiary/aromatic N) is 5. The Bertz CT molecular complexity index is 1020. The van der Waals surface area contributed by atoms with Gasteiger partial charge in [0, 0.05) is 29.3 Å². The van der Waals surface area contributed by atoms with Crippen LogP contribution in [0.1, 0.15) is 48.4 Å². The summed E-state index contributed by atoms with van der Waals surface area (Å²) in [6.07, 6.45) is 1.63. The summed E-state index contributed by atoms with van der Waals surface area (Å²) >= 11 is 0.